The summed E-state index contributed by atoms with van der Waals surface area (Å²) in [5.41, 5.74) is 2.20. The maximum Gasteiger partial charge on any atom is 0.267 e. The van der Waals surface area contributed by atoms with Crippen molar-refractivity contribution in [1.82, 2.24) is 19.6 Å². The molecule has 3 heterocycles. The molecule has 20 heavy (non-hydrogen) atoms. The van der Waals surface area contributed by atoms with Gasteiger partial charge >= 0.3 is 0 Å². The predicted molar refractivity (Wildman–Crippen MR) is 75.8 cm³/mol. The third-order valence-electron chi connectivity index (χ3n) is 4.07. The van der Waals surface area contributed by atoms with Gasteiger partial charge in [0.05, 0.1) is 25.5 Å². The fourth-order valence-corrected chi connectivity index (χ4v) is 2.80. The minimum atomic E-state index is 0.0207. The van der Waals surface area contributed by atoms with Crippen LogP contribution in [0, 0.1) is 0 Å². The first-order valence-electron chi connectivity index (χ1n) is 7.31. The van der Waals surface area contributed by atoms with Crippen LogP contribution in [0.3, 0.4) is 0 Å². The molecule has 0 saturated carbocycles. The summed E-state index contributed by atoms with van der Waals surface area (Å²) >= 11 is 0. The van der Waals surface area contributed by atoms with Gasteiger partial charge in [-0.3, -0.25) is 9.69 Å². The van der Waals surface area contributed by atoms with Crippen molar-refractivity contribution in [1.29, 1.82) is 0 Å². The Morgan fingerprint density at radius 1 is 1.25 bits per heavy atom. The molecule has 1 saturated heterocycles. The number of hydrogen-bond acceptors (Lipinski definition) is 5. The Kier molecular flexibility index (Phi) is 4.14. The summed E-state index contributed by atoms with van der Waals surface area (Å²) in [7, 11) is 2.08. The number of morpholine rings is 1. The molecule has 0 amide bonds. The fraction of sp³-hybridized carbons (Fsp3) is 0.714. The zero-order chi connectivity index (χ0) is 13.9. The summed E-state index contributed by atoms with van der Waals surface area (Å²) in [5.74, 6) is 0. The third kappa shape index (κ3) is 3.08. The Labute approximate surface area is 118 Å². The molecular formula is C14H22N4O2. The molecule has 2 aliphatic rings. The highest BCUT2D eigenvalue weighted by atomic mass is 16.5. The zero-order valence-corrected chi connectivity index (χ0v) is 12.0. The average Bonchev–Trinajstić information content (AvgIpc) is 2.46. The standard InChI is InChI=1S/C14H22N4O2/c1-16-3-2-13-12(11-16)10-14(19)18(15-13)5-4-17-6-8-20-9-7-17/h10H,2-9,11H2,1H3. The van der Waals surface area contributed by atoms with E-state index in [0.29, 0.717) is 6.54 Å². The normalized spacial score (nSPS) is 20.9. The molecule has 2 aliphatic heterocycles. The summed E-state index contributed by atoms with van der Waals surface area (Å²) in [5, 5.41) is 4.55. The van der Waals surface area contributed by atoms with Gasteiger partial charge in [0.1, 0.15) is 0 Å². The van der Waals surface area contributed by atoms with Gasteiger partial charge in [0, 0.05) is 45.2 Å². The second-order valence-corrected chi connectivity index (χ2v) is 5.62. The van der Waals surface area contributed by atoms with Crippen LogP contribution in [0.15, 0.2) is 10.9 Å². The van der Waals surface area contributed by atoms with Crippen molar-refractivity contribution in [2.75, 3.05) is 46.4 Å². The van der Waals surface area contributed by atoms with Crippen LogP contribution >= 0.6 is 0 Å². The van der Waals surface area contributed by atoms with Crippen LogP contribution in [0.1, 0.15) is 11.3 Å². The van der Waals surface area contributed by atoms with Gasteiger partial charge in [-0.1, -0.05) is 0 Å². The molecule has 6 heteroatoms. The van der Waals surface area contributed by atoms with Gasteiger partial charge in [-0.05, 0) is 12.6 Å². The lowest BCUT2D eigenvalue weighted by Gasteiger charge is -2.27. The Morgan fingerprint density at radius 3 is 2.85 bits per heavy atom. The van der Waals surface area contributed by atoms with Gasteiger partial charge in [-0.2, -0.15) is 5.10 Å². The molecule has 1 aromatic rings. The number of nitrogens with zero attached hydrogens (tertiary/aromatic N) is 4. The second-order valence-electron chi connectivity index (χ2n) is 5.62. The lowest BCUT2D eigenvalue weighted by atomic mass is 10.1. The first kappa shape index (κ1) is 13.7. The Morgan fingerprint density at radius 2 is 2.05 bits per heavy atom. The highest BCUT2D eigenvalue weighted by Crippen LogP contribution is 2.13. The van der Waals surface area contributed by atoms with Gasteiger partial charge in [0.15, 0.2) is 0 Å². The van der Waals surface area contributed by atoms with E-state index < -0.39 is 0 Å². The maximum absolute atomic E-state index is 12.1. The van der Waals surface area contributed by atoms with Crippen molar-refractivity contribution in [2.45, 2.75) is 19.5 Å². The van der Waals surface area contributed by atoms with Crippen molar-refractivity contribution < 1.29 is 4.74 Å². The van der Waals surface area contributed by atoms with Crippen LogP contribution in [0.5, 0.6) is 0 Å². The molecule has 110 valence electrons. The van der Waals surface area contributed by atoms with Crippen LogP contribution < -0.4 is 5.56 Å². The highest BCUT2D eigenvalue weighted by Gasteiger charge is 2.17. The van der Waals surface area contributed by atoms with Gasteiger partial charge in [-0.25, -0.2) is 4.68 Å². The summed E-state index contributed by atoms with van der Waals surface area (Å²) in [6.07, 6.45) is 0.934. The van der Waals surface area contributed by atoms with E-state index in [0.717, 1.165) is 63.6 Å². The van der Waals surface area contributed by atoms with Crippen LogP contribution in [0.25, 0.3) is 0 Å². The van der Waals surface area contributed by atoms with Gasteiger partial charge in [-0.15, -0.1) is 0 Å². The summed E-state index contributed by atoms with van der Waals surface area (Å²) < 4.78 is 6.95. The van der Waals surface area contributed by atoms with Gasteiger partial charge in [0.25, 0.3) is 5.56 Å². The van der Waals surface area contributed by atoms with E-state index in [1.54, 1.807) is 10.7 Å². The molecule has 0 aliphatic carbocycles. The monoisotopic (exact) mass is 278 g/mol. The molecule has 0 spiro atoms. The minimum Gasteiger partial charge on any atom is -0.379 e. The lowest BCUT2D eigenvalue weighted by molar-refractivity contribution is 0.0357. The predicted octanol–water partition coefficient (Wildman–Crippen LogP) is -0.437. The Bertz CT molecular complexity index is 522. The quantitative estimate of drug-likeness (QED) is 0.750. The zero-order valence-electron chi connectivity index (χ0n) is 12.0. The molecule has 6 nitrogen and oxygen atoms in total. The molecule has 1 fully saturated rings. The molecule has 0 atom stereocenters. The van der Waals surface area contributed by atoms with Crippen LogP contribution in [0.2, 0.25) is 0 Å². The molecule has 0 bridgehead atoms. The molecular weight excluding hydrogens is 256 g/mol. The smallest absolute Gasteiger partial charge is 0.267 e. The number of fused-ring (bicyclic) bond motifs is 1. The maximum atomic E-state index is 12.1. The number of hydrogen-bond donors (Lipinski definition) is 0. The largest absolute Gasteiger partial charge is 0.379 e. The van der Waals surface area contributed by atoms with Crippen molar-refractivity contribution >= 4 is 0 Å². The summed E-state index contributed by atoms with van der Waals surface area (Å²) in [6, 6.07) is 1.76. The van der Waals surface area contributed by atoms with Gasteiger partial charge < -0.3 is 9.64 Å². The van der Waals surface area contributed by atoms with E-state index >= 15 is 0 Å². The molecule has 0 N–H and O–H groups in total. The first-order valence-corrected chi connectivity index (χ1v) is 7.31. The number of ether oxygens (including phenoxy) is 1. The van der Waals surface area contributed by atoms with E-state index in [2.05, 4.69) is 21.9 Å². The number of likely N-dealkylation sites (N-methyl/N-ethyl adjacent to an activating group) is 1. The average molecular weight is 278 g/mol. The minimum absolute atomic E-state index is 0.0207. The van der Waals surface area contributed by atoms with E-state index in [4.69, 9.17) is 4.74 Å². The van der Waals surface area contributed by atoms with Gasteiger partial charge in [0.2, 0.25) is 0 Å². The van der Waals surface area contributed by atoms with Crippen LogP contribution in [-0.4, -0.2) is 66.0 Å². The third-order valence-corrected chi connectivity index (χ3v) is 4.07. The lowest BCUT2D eigenvalue weighted by Crippen LogP contribution is -2.40. The second kappa shape index (κ2) is 6.03. The van der Waals surface area contributed by atoms with Crippen molar-refractivity contribution in [3.8, 4) is 0 Å². The van der Waals surface area contributed by atoms with Crippen LogP contribution in [0.4, 0.5) is 0 Å². The van der Waals surface area contributed by atoms with Crippen molar-refractivity contribution in [3.05, 3.63) is 27.7 Å². The number of aromatic nitrogens is 2. The molecule has 3 rings (SSSR count). The molecule has 1 aromatic heterocycles. The van der Waals surface area contributed by atoms with E-state index in [9.17, 15) is 4.79 Å². The van der Waals surface area contributed by atoms with Crippen molar-refractivity contribution in [2.24, 2.45) is 0 Å². The Hall–Kier alpha value is -1.24. The van der Waals surface area contributed by atoms with E-state index in [-0.39, 0.29) is 5.56 Å². The highest BCUT2D eigenvalue weighted by molar-refractivity contribution is 5.20. The van der Waals surface area contributed by atoms with Crippen LogP contribution in [-0.2, 0) is 24.2 Å². The molecule has 0 aromatic carbocycles. The van der Waals surface area contributed by atoms with E-state index in [1.807, 2.05) is 0 Å². The summed E-state index contributed by atoms with van der Waals surface area (Å²) in [4.78, 5) is 16.7. The molecule has 0 unspecified atom stereocenters. The fourth-order valence-electron chi connectivity index (χ4n) is 2.80. The van der Waals surface area contributed by atoms with Crippen molar-refractivity contribution in [3.63, 3.8) is 0 Å². The molecule has 0 radical (unpaired) electrons. The first-order chi connectivity index (χ1) is 9.72. The SMILES string of the molecule is CN1CCc2nn(CCN3CCOCC3)c(=O)cc2C1. The summed E-state index contributed by atoms with van der Waals surface area (Å²) in [6.45, 7) is 6.87. The topological polar surface area (TPSA) is 50.6 Å². The van der Waals surface area contributed by atoms with E-state index in [1.165, 1.54) is 0 Å². The Balaban J connectivity index is 1.68. The number of rotatable bonds is 3.